The molecule has 1 aromatic carbocycles. The van der Waals surface area contributed by atoms with Crippen LogP contribution in [0.15, 0.2) is 30.3 Å². The smallest absolute Gasteiger partial charge is 0.277 e. The third kappa shape index (κ3) is 3.32. The van der Waals surface area contributed by atoms with E-state index in [1.54, 1.807) is 0 Å². The predicted octanol–water partition coefficient (Wildman–Crippen LogP) is 4.68. The standard InChI is InChI=1S/C17H28O2Si/c1-6-8-14-20(17(3,4)5,16(18)19-7-2)15-12-10-9-11-13-15/h9-13H,6-8,14H2,1-5H3/t20-/m0/s1. The Kier molecular flexibility index (Phi) is 6.00. The van der Waals surface area contributed by atoms with E-state index in [9.17, 15) is 4.79 Å². The topological polar surface area (TPSA) is 26.3 Å². The number of hydrogen-bond donors (Lipinski definition) is 0. The highest BCUT2D eigenvalue weighted by atomic mass is 28.3. The van der Waals surface area contributed by atoms with E-state index in [1.165, 1.54) is 5.19 Å². The van der Waals surface area contributed by atoms with E-state index >= 15 is 0 Å². The molecule has 0 aliphatic rings. The first-order chi connectivity index (χ1) is 9.40. The maximum atomic E-state index is 12.9. The maximum absolute atomic E-state index is 12.9. The minimum Gasteiger partial charge on any atom is -0.470 e. The molecule has 0 bridgehead atoms. The highest BCUT2D eigenvalue weighted by Gasteiger charge is 2.53. The fraction of sp³-hybridized carbons (Fsp3) is 0.588. The molecule has 0 aliphatic heterocycles. The molecule has 0 heterocycles. The minimum absolute atomic E-state index is 0.0459. The van der Waals surface area contributed by atoms with E-state index < -0.39 is 8.07 Å². The molecule has 1 atom stereocenters. The lowest BCUT2D eigenvalue weighted by atomic mass is 10.2. The summed E-state index contributed by atoms with van der Waals surface area (Å²) in [4.78, 5) is 12.9. The van der Waals surface area contributed by atoms with Crippen LogP contribution in [-0.4, -0.2) is 20.3 Å². The van der Waals surface area contributed by atoms with E-state index in [0.717, 1.165) is 18.9 Å². The monoisotopic (exact) mass is 292 g/mol. The van der Waals surface area contributed by atoms with Gasteiger partial charge >= 0.3 is 0 Å². The molecule has 0 radical (unpaired) electrons. The third-order valence-electron chi connectivity index (χ3n) is 4.08. The second-order valence-electron chi connectivity index (χ2n) is 6.35. The van der Waals surface area contributed by atoms with Crippen molar-refractivity contribution in [3.05, 3.63) is 30.3 Å². The quantitative estimate of drug-likeness (QED) is 0.712. The van der Waals surface area contributed by atoms with Crippen molar-refractivity contribution in [1.82, 2.24) is 0 Å². The SMILES string of the molecule is CCCC[Si@@](C(=O)OCC)(c1ccccc1)C(C)(C)C. The Morgan fingerprint density at radius 2 is 1.75 bits per heavy atom. The Morgan fingerprint density at radius 3 is 2.20 bits per heavy atom. The Balaban J connectivity index is 3.37. The molecule has 0 amide bonds. The van der Waals surface area contributed by atoms with Crippen LogP contribution in [0.4, 0.5) is 4.79 Å². The molecule has 20 heavy (non-hydrogen) atoms. The first-order valence-corrected chi connectivity index (χ1v) is 9.83. The lowest BCUT2D eigenvalue weighted by Crippen LogP contribution is -2.61. The molecule has 0 N–H and O–H groups in total. The molecule has 3 heteroatoms. The van der Waals surface area contributed by atoms with Crippen LogP contribution in [0.3, 0.4) is 0 Å². The van der Waals surface area contributed by atoms with Crippen molar-refractivity contribution in [2.75, 3.05) is 6.61 Å². The van der Waals surface area contributed by atoms with Gasteiger partial charge in [-0.3, -0.25) is 4.79 Å². The summed E-state index contributed by atoms with van der Waals surface area (Å²) in [5.41, 5.74) is 0.0483. The van der Waals surface area contributed by atoms with Crippen molar-refractivity contribution >= 4 is 18.9 Å². The van der Waals surface area contributed by atoms with Gasteiger partial charge in [-0.2, -0.15) is 0 Å². The molecular formula is C17H28O2Si. The number of unbranched alkanes of at least 4 members (excludes halogenated alkanes) is 1. The first-order valence-electron chi connectivity index (χ1n) is 7.63. The summed E-state index contributed by atoms with van der Waals surface area (Å²) in [6.45, 7) is 11.1. The van der Waals surface area contributed by atoms with Gasteiger partial charge in [-0.05, 0) is 23.2 Å². The summed E-state index contributed by atoms with van der Waals surface area (Å²) < 4.78 is 5.51. The van der Waals surface area contributed by atoms with Crippen LogP contribution in [0.25, 0.3) is 0 Å². The number of carbonyl (C=O) groups is 1. The van der Waals surface area contributed by atoms with Crippen LogP contribution in [0.5, 0.6) is 0 Å². The predicted molar refractivity (Wildman–Crippen MR) is 88.3 cm³/mol. The van der Waals surface area contributed by atoms with Crippen LogP contribution < -0.4 is 5.19 Å². The van der Waals surface area contributed by atoms with Gasteiger partial charge in [0.1, 0.15) is 0 Å². The molecule has 1 aromatic rings. The molecule has 0 aliphatic carbocycles. The lowest BCUT2D eigenvalue weighted by Gasteiger charge is -2.40. The Bertz CT molecular complexity index is 422. The normalized spacial score (nSPS) is 14.7. The Hall–Kier alpha value is -1.09. The number of carbonyl (C=O) groups excluding carboxylic acids is 1. The van der Waals surface area contributed by atoms with E-state index in [2.05, 4.69) is 39.8 Å². The van der Waals surface area contributed by atoms with Crippen LogP contribution in [-0.2, 0) is 4.74 Å². The molecule has 0 saturated heterocycles. The van der Waals surface area contributed by atoms with Crippen LogP contribution >= 0.6 is 0 Å². The van der Waals surface area contributed by atoms with Gasteiger partial charge in [0, 0.05) is 0 Å². The zero-order valence-corrected chi connectivity index (χ0v) is 14.5. The second-order valence-corrected chi connectivity index (χ2v) is 11.1. The lowest BCUT2D eigenvalue weighted by molar-refractivity contribution is 0.176. The third-order valence-corrected chi connectivity index (χ3v) is 9.90. The summed E-state index contributed by atoms with van der Waals surface area (Å²) in [6.07, 6.45) is 2.19. The number of hydrogen-bond acceptors (Lipinski definition) is 2. The summed E-state index contributed by atoms with van der Waals surface area (Å²) in [5, 5.41) is 1.16. The number of ether oxygens (including phenoxy) is 1. The van der Waals surface area contributed by atoms with Crippen molar-refractivity contribution in [1.29, 1.82) is 0 Å². The zero-order valence-electron chi connectivity index (χ0n) is 13.5. The molecule has 0 aromatic heterocycles. The van der Waals surface area contributed by atoms with E-state index in [-0.39, 0.29) is 10.6 Å². The van der Waals surface area contributed by atoms with Crippen LogP contribution in [0.1, 0.15) is 47.5 Å². The largest absolute Gasteiger partial charge is 0.470 e. The van der Waals surface area contributed by atoms with Crippen molar-refractivity contribution in [2.45, 2.75) is 58.5 Å². The van der Waals surface area contributed by atoms with Gasteiger partial charge in [0.05, 0.1) is 6.61 Å². The maximum Gasteiger partial charge on any atom is 0.277 e. The summed E-state index contributed by atoms with van der Waals surface area (Å²) in [7, 11) is -2.38. The number of benzene rings is 1. The van der Waals surface area contributed by atoms with Gasteiger partial charge in [-0.1, -0.05) is 70.9 Å². The molecule has 0 spiro atoms. The number of rotatable bonds is 6. The molecule has 0 saturated carbocycles. The van der Waals surface area contributed by atoms with E-state index in [1.807, 2.05) is 25.1 Å². The van der Waals surface area contributed by atoms with E-state index in [4.69, 9.17) is 4.74 Å². The van der Waals surface area contributed by atoms with Gasteiger partial charge in [0.15, 0.2) is 0 Å². The molecular weight excluding hydrogens is 264 g/mol. The van der Waals surface area contributed by atoms with Crippen molar-refractivity contribution < 1.29 is 9.53 Å². The van der Waals surface area contributed by atoms with Crippen LogP contribution in [0.2, 0.25) is 11.1 Å². The zero-order chi connectivity index (χ0) is 15.2. The summed E-state index contributed by atoms with van der Waals surface area (Å²) >= 11 is 0. The van der Waals surface area contributed by atoms with Crippen molar-refractivity contribution in [3.63, 3.8) is 0 Å². The molecule has 1 rings (SSSR count). The van der Waals surface area contributed by atoms with Gasteiger partial charge in [-0.25, -0.2) is 0 Å². The molecule has 0 fully saturated rings. The van der Waals surface area contributed by atoms with Gasteiger partial charge in [-0.15, -0.1) is 0 Å². The van der Waals surface area contributed by atoms with Gasteiger partial charge < -0.3 is 4.74 Å². The molecule has 2 nitrogen and oxygen atoms in total. The van der Waals surface area contributed by atoms with Crippen molar-refractivity contribution in [2.24, 2.45) is 0 Å². The molecule has 112 valence electrons. The fourth-order valence-electron chi connectivity index (χ4n) is 2.90. The Morgan fingerprint density at radius 1 is 1.15 bits per heavy atom. The second kappa shape index (κ2) is 7.07. The van der Waals surface area contributed by atoms with Crippen LogP contribution in [0, 0.1) is 0 Å². The summed E-state index contributed by atoms with van der Waals surface area (Å²) in [5.74, 6) is 0. The average Bonchev–Trinajstić information content (AvgIpc) is 2.39. The van der Waals surface area contributed by atoms with Crippen molar-refractivity contribution in [3.8, 4) is 0 Å². The first kappa shape index (κ1) is 17.0. The van der Waals surface area contributed by atoms with Gasteiger partial charge in [0.25, 0.3) is 5.59 Å². The van der Waals surface area contributed by atoms with E-state index in [0.29, 0.717) is 6.61 Å². The molecule has 0 unspecified atom stereocenters. The summed E-state index contributed by atoms with van der Waals surface area (Å²) in [6, 6.07) is 11.3. The Labute approximate surface area is 124 Å². The average molecular weight is 292 g/mol. The minimum atomic E-state index is -2.38. The fourth-order valence-corrected chi connectivity index (χ4v) is 7.89. The van der Waals surface area contributed by atoms with Gasteiger partial charge in [0.2, 0.25) is 8.07 Å². The highest BCUT2D eigenvalue weighted by Crippen LogP contribution is 2.41. The highest BCUT2D eigenvalue weighted by molar-refractivity contribution is 7.15.